The average Bonchev–Trinajstić information content (AvgIpc) is 2.29. The van der Waals surface area contributed by atoms with Crippen LogP contribution in [-0.4, -0.2) is 34.2 Å². The van der Waals surface area contributed by atoms with Crippen LogP contribution in [0.5, 0.6) is 0 Å². The first-order valence-corrected chi connectivity index (χ1v) is 6.86. The fraction of sp³-hybridized carbons (Fsp3) is 0.364. The van der Waals surface area contributed by atoms with E-state index in [2.05, 4.69) is 5.32 Å². The molecule has 90 valence electrons. The van der Waals surface area contributed by atoms with Crippen molar-refractivity contribution in [3.63, 3.8) is 0 Å². The van der Waals surface area contributed by atoms with E-state index >= 15 is 0 Å². The average molecular weight is 254 g/mol. The molecule has 3 rings (SSSR count). The van der Waals surface area contributed by atoms with Crippen molar-refractivity contribution in [2.75, 3.05) is 28.3 Å². The maximum absolute atomic E-state index is 13.1. The van der Waals surface area contributed by atoms with Crippen molar-refractivity contribution in [2.45, 2.75) is 6.04 Å². The lowest BCUT2D eigenvalue weighted by molar-refractivity contribution is -0.117. The third-order valence-electron chi connectivity index (χ3n) is 3.11. The van der Waals surface area contributed by atoms with Gasteiger partial charge in [-0.15, -0.1) is 0 Å². The van der Waals surface area contributed by atoms with Crippen LogP contribution < -0.4 is 10.2 Å². The van der Waals surface area contributed by atoms with Gasteiger partial charge in [0.25, 0.3) is 0 Å². The summed E-state index contributed by atoms with van der Waals surface area (Å²) < 4.78 is 24.6. The van der Waals surface area contributed by atoms with Gasteiger partial charge in [0.1, 0.15) is 11.9 Å². The van der Waals surface area contributed by atoms with Crippen LogP contribution in [0.25, 0.3) is 0 Å². The minimum absolute atomic E-state index is 0.198. The molecule has 2 heterocycles. The Morgan fingerprint density at radius 2 is 2.29 bits per heavy atom. The van der Waals surface area contributed by atoms with Crippen LogP contribution in [0.1, 0.15) is 0 Å². The molecule has 1 saturated heterocycles. The molecule has 0 saturated carbocycles. The third-order valence-corrected chi connectivity index (χ3v) is 4.43. The molecule has 0 radical (unpaired) electrons. The van der Waals surface area contributed by atoms with Crippen molar-refractivity contribution < 1.29 is 13.4 Å². The summed E-state index contributed by atoms with van der Waals surface area (Å²) in [6.07, 6.45) is 0. The number of hydrogen-bond donors (Lipinski definition) is 1. The molecule has 2 atom stereocenters. The van der Waals surface area contributed by atoms with Crippen molar-refractivity contribution in [3.8, 4) is 0 Å². The molecule has 6 heteroatoms. The van der Waals surface area contributed by atoms with Gasteiger partial charge in [0.15, 0.2) is 0 Å². The summed E-state index contributed by atoms with van der Waals surface area (Å²) in [6, 6.07) is 3.96. The molecule has 1 aromatic rings. The van der Waals surface area contributed by atoms with E-state index in [-0.39, 0.29) is 17.8 Å². The monoisotopic (exact) mass is 254 g/mol. The van der Waals surface area contributed by atoms with Gasteiger partial charge in [-0.2, -0.15) is 0 Å². The van der Waals surface area contributed by atoms with Gasteiger partial charge < -0.3 is 10.2 Å². The Kier molecular flexibility index (Phi) is 2.39. The quantitative estimate of drug-likeness (QED) is 0.742. The van der Waals surface area contributed by atoms with Gasteiger partial charge in [0.05, 0.1) is 17.1 Å². The normalized spacial score (nSPS) is 27.1. The van der Waals surface area contributed by atoms with Gasteiger partial charge in [-0.1, -0.05) is 0 Å². The number of carbonyl (C=O) groups excluding carboxylic acids is 1. The van der Waals surface area contributed by atoms with E-state index in [9.17, 15) is 13.4 Å². The molecule has 2 unspecified atom stereocenters. The predicted octanol–water partition coefficient (Wildman–Crippen LogP) is 0.715. The Morgan fingerprint density at radius 1 is 1.47 bits per heavy atom. The number of hydrogen-bond acceptors (Lipinski definition) is 3. The topological polar surface area (TPSA) is 49.4 Å². The van der Waals surface area contributed by atoms with Gasteiger partial charge in [0.2, 0.25) is 5.91 Å². The Hall–Kier alpha value is -1.43. The van der Waals surface area contributed by atoms with Crippen LogP contribution in [0.2, 0.25) is 0 Å². The summed E-state index contributed by atoms with van der Waals surface area (Å²) in [6.45, 7) is 0.573. The second-order valence-corrected chi connectivity index (χ2v) is 5.79. The minimum atomic E-state index is -0.937. The first-order valence-electron chi connectivity index (χ1n) is 5.37. The molecule has 1 fully saturated rings. The fourth-order valence-electron chi connectivity index (χ4n) is 2.29. The minimum Gasteiger partial charge on any atom is -0.356 e. The number of anilines is 2. The zero-order valence-corrected chi connectivity index (χ0v) is 9.80. The number of nitrogens with one attached hydrogen (secondary N) is 1. The summed E-state index contributed by atoms with van der Waals surface area (Å²) >= 11 is 0. The highest BCUT2D eigenvalue weighted by Gasteiger charge is 2.37. The van der Waals surface area contributed by atoms with E-state index in [1.165, 1.54) is 12.1 Å². The van der Waals surface area contributed by atoms with Gasteiger partial charge >= 0.3 is 0 Å². The highest BCUT2D eigenvalue weighted by Crippen LogP contribution is 2.33. The van der Waals surface area contributed by atoms with Crippen molar-refractivity contribution in [3.05, 3.63) is 24.0 Å². The second-order valence-electron chi connectivity index (χ2n) is 4.17. The number of rotatable bonds is 0. The zero-order chi connectivity index (χ0) is 12.0. The number of nitrogens with zero attached hydrogens (tertiary/aromatic N) is 1. The van der Waals surface area contributed by atoms with Gasteiger partial charge in [-0.05, 0) is 18.2 Å². The van der Waals surface area contributed by atoms with Gasteiger partial charge in [0, 0.05) is 23.1 Å². The lowest BCUT2D eigenvalue weighted by Crippen LogP contribution is -2.55. The maximum atomic E-state index is 13.1. The van der Waals surface area contributed by atoms with E-state index in [0.29, 0.717) is 23.7 Å². The van der Waals surface area contributed by atoms with E-state index in [1.54, 1.807) is 6.07 Å². The van der Waals surface area contributed by atoms with Crippen molar-refractivity contribution in [1.29, 1.82) is 0 Å². The van der Waals surface area contributed by atoms with Crippen LogP contribution in [0.4, 0.5) is 15.8 Å². The van der Waals surface area contributed by atoms with E-state index in [0.717, 1.165) is 5.69 Å². The van der Waals surface area contributed by atoms with Crippen LogP contribution in [0.15, 0.2) is 18.2 Å². The molecule has 0 aliphatic carbocycles. The molecule has 1 N–H and O–H groups in total. The smallest absolute Gasteiger partial charge is 0.248 e. The summed E-state index contributed by atoms with van der Waals surface area (Å²) in [4.78, 5) is 13.8. The first-order chi connectivity index (χ1) is 8.15. The van der Waals surface area contributed by atoms with Crippen molar-refractivity contribution in [2.24, 2.45) is 0 Å². The predicted molar refractivity (Wildman–Crippen MR) is 64.0 cm³/mol. The molecule has 0 aromatic heterocycles. The Labute approximate surface area is 100 Å². The summed E-state index contributed by atoms with van der Waals surface area (Å²) in [5.41, 5.74) is 1.31. The Morgan fingerprint density at radius 3 is 3.12 bits per heavy atom. The lowest BCUT2D eigenvalue weighted by Gasteiger charge is -2.40. The largest absolute Gasteiger partial charge is 0.356 e. The molecule has 1 amide bonds. The zero-order valence-electron chi connectivity index (χ0n) is 8.98. The molecule has 0 bridgehead atoms. The summed E-state index contributed by atoms with van der Waals surface area (Å²) in [7, 11) is -0.937. The van der Waals surface area contributed by atoms with E-state index in [1.807, 2.05) is 4.90 Å². The highest BCUT2D eigenvalue weighted by atomic mass is 32.2. The van der Waals surface area contributed by atoms with Gasteiger partial charge in [-0.25, -0.2) is 4.39 Å². The van der Waals surface area contributed by atoms with Crippen LogP contribution in [0.3, 0.4) is 0 Å². The lowest BCUT2D eigenvalue weighted by atomic mass is 10.1. The van der Waals surface area contributed by atoms with Crippen LogP contribution in [-0.2, 0) is 15.6 Å². The number of amides is 1. The van der Waals surface area contributed by atoms with E-state index < -0.39 is 10.8 Å². The number of fused-ring (bicyclic) bond motifs is 3. The maximum Gasteiger partial charge on any atom is 0.248 e. The molecule has 2 aliphatic rings. The van der Waals surface area contributed by atoms with Crippen molar-refractivity contribution in [1.82, 2.24) is 0 Å². The molecule has 4 nitrogen and oxygen atoms in total. The second kappa shape index (κ2) is 3.80. The van der Waals surface area contributed by atoms with Crippen molar-refractivity contribution >= 4 is 28.1 Å². The molecular weight excluding hydrogens is 243 g/mol. The summed E-state index contributed by atoms with van der Waals surface area (Å²) in [5, 5.41) is 2.67. The third kappa shape index (κ3) is 1.72. The molecular formula is C11H11FN2O2S. The number of benzene rings is 1. The summed E-state index contributed by atoms with van der Waals surface area (Å²) in [5.74, 6) is 0.336. The van der Waals surface area contributed by atoms with E-state index in [4.69, 9.17) is 0 Å². The fourth-order valence-corrected chi connectivity index (χ4v) is 3.54. The standard InChI is InChI=1S/C11H11FN2O2S/c12-7-1-2-9-8(5-7)13-11(15)10-6-17(16)4-3-14(9)10/h1-2,5,10H,3-4,6H2,(H,13,15). The number of carbonyl (C=O) groups is 1. The molecule has 1 aromatic carbocycles. The van der Waals surface area contributed by atoms with Gasteiger partial charge in [-0.3, -0.25) is 9.00 Å². The number of halogens is 1. The van der Waals surface area contributed by atoms with Crippen LogP contribution >= 0.6 is 0 Å². The Balaban J connectivity index is 2.05. The molecule has 17 heavy (non-hydrogen) atoms. The highest BCUT2D eigenvalue weighted by molar-refractivity contribution is 7.85. The molecule has 0 spiro atoms. The SMILES string of the molecule is O=C1Nc2cc(F)ccc2N2CCS(=O)CC12. The first kappa shape index (κ1) is 10.7. The molecule has 2 aliphatic heterocycles. The van der Waals surface area contributed by atoms with Crippen LogP contribution in [0, 0.1) is 5.82 Å². The Bertz CT molecular complexity index is 520.